The van der Waals surface area contributed by atoms with Crippen molar-refractivity contribution in [3.05, 3.63) is 30.0 Å². The number of hydrogen-bond acceptors (Lipinski definition) is 4. The Bertz CT molecular complexity index is 1050. The van der Waals surface area contributed by atoms with E-state index in [-0.39, 0.29) is 29.6 Å². The lowest BCUT2D eigenvalue weighted by molar-refractivity contribution is -0.130. The van der Waals surface area contributed by atoms with Crippen molar-refractivity contribution in [2.75, 3.05) is 18.4 Å². The molecule has 0 unspecified atom stereocenters. The van der Waals surface area contributed by atoms with Crippen LogP contribution >= 0.6 is 0 Å². The van der Waals surface area contributed by atoms with Gasteiger partial charge in [-0.2, -0.15) is 5.26 Å². The van der Waals surface area contributed by atoms with Gasteiger partial charge in [0.2, 0.25) is 11.8 Å². The molecule has 2 aliphatic carbocycles. The second kappa shape index (κ2) is 6.20. The Morgan fingerprint density at radius 1 is 1.39 bits per heavy atom. The molecule has 2 N–H and O–H groups in total. The van der Waals surface area contributed by atoms with E-state index in [4.69, 9.17) is 5.26 Å². The molecule has 2 saturated carbocycles. The Balaban J connectivity index is 1.51. The van der Waals surface area contributed by atoms with Crippen molar-refractivity contribution in [1.82, 2.24) is 14.9 Å². The first-order chi connectivity index (χ1) is 13.6. The number of amides is 2. The van der Waals surface area contributed by atoms with Crippen LogP contribution in [0.4, 0.5) is 5.82 Å². The summed E-state index contributed by atoms with van der Waals surface area (Å²) in [7, 11) is 0. The molecule has 7 nitrogen and oxygen atoms in total. The van der Waals surface area contributed by atoms with Gasteiger partial charge in [-0.3, -0.25) is 9.59 Å². The molecule has 0 bridgehead atoms. The van der Waals surface area contributed by atoms with Crippen LogP contribution in [0.1, 0.15) is 37.7 Å². The number of hydrogen-bond donors (Lipinski definition) is 2. The fraction of sp³-hybridized carbons (Fsp3) is 0.429. The summed E-state index contributed by atoms with van der Waals surface area (Å²) in [4.78, 5) is 33.9. The lowest BCUT2D eigenvalue weighted by atomic mass is 9.85. The minimum Gasteiger partial charge on any atom is -0.346 e. The lowest BCUT2D eigenvalue weighted by Gasteiger charge is -2.33. The summed E-state index contributed by atoms with van der Waals surface area (Å²) in [6.45, 7) is 1.16. The predicted molar refractivity (Wildman–Crippen MR) is 104 cm³/mol. The molecule has 3 aliphatic rings. The van der Waals surface area contributed by atoms with Crippen LogP contribution in [0, 0.1) is 22.7 Å². The van der Waals surface area contributed by atoms with E-state index in [0.29, 0.717) is 18.9 Å². The van der Waals surface area contributed by atoms with Crippen LogP contribution in [0.15, 0.2) is 24.4 Å². The normalized spacial score (nSPS) is 20.0. The molecular formula is C21H21N5O2. The van der Waals surface area contributed by atoms with Crippen LogP contribution in [0.25, 0.3) is 16.6 Å². The van der Waals surface area contributed by atoms with Crippen molar-refractivity contribution < 1.29 is 9.59 Å². The zero-order valence-electron chi connectivity index (χ0n) is 15.5. The van der Waals surface area contributed by atoms with E-state index in [9.17, 15) is 9.59 Å². The highest BCUT2D eigenvalue weighted by atomic mass is 16.2. The van der Waals surface area contributed by atoms with Crippen LogP contribution < -0.4 is 5.32 Å². The summed E-state index contributed by atoms with van der Waals surface area (Å²) in [5, 5.41) is 12.8. The van der Waals surface area contributed by atoms with Crippen molar-refractivity contribution in [1.29, 1.82) is 5.26 Å². The Kier molecular flexibility index (Phi) is 3.76. The zero-order valence-corrected chi connectivity index (χ0v) is 15.5. The molecule has 3 heterocycles. The molecule has 5 rings (SSSR count). The lowest BCUT2D eigenvalue weighted by Crippen LogP contribution is -2.39. The number of pyridine rings is 1. The third kappa shape index (κ3) is 2.85. The predicted octanol–water partition coefficient (Wildman–Crippen LogP) is 2.83. The number of carbonyl (C=O) groups excluding carboxylic acids is 2. The van der Waals surface area contributed by atoms with E-state index >= 15 is 0 Å². The first kappa shape index (κ1) is 17.0. The van der Waals surface area contributed by atoms with Gasteiger partial charge in [0, 0.05) is 36.0 Å². The van der Waals surface area contributed by atoms with E-state index < -0.39 is 0 Å². The van der Waals surface area contributed by atoms with Crippen LogP contribution in [-0.4, -0.2) is 39.8 Å². The third-order valence-electron chi connectivity index (χ3n) is 6.04. The van der Waals surface area contributed by atoms with Crippen LogP contribution in [-0.2, 0) is 9.59 Å². The number of aromatic amines is 1. The second-order valence-corrected chi connectivity index (χ2v) is 8.07. The third-order valence-corrected chi connectivity index (χ3v) is 6.04. The largest absolute Gasteiger partial charge is 0.346 e. The van der Waals surface area contributed by atoms with Crippen LogP contribution in [0.5, 0.6) is 0 Å². The maximum atomic E-state index is 12.2. The van der Waals surface area contributed by atoms with Gasteiger partial charge in [-0.05, 0) is 49.0 Å². The summed E-state index contributed by atoms with van der Waals surface area (Å²) < 4.78 is 0. The van der Waals surface area contributed by atoms with E-state index in [0.717, 1.165) is 42.3 Å². The highest BCUT2D eigenvalue weighted by molar-refractivity contribution is 5.98. The fourth-order valence-corrected chi connectivity index (χ4v) is 4.17. The first-order valence-electron chi connectivity index (χ1n) is 9.74. The minimum atomic E-state index is -0.108. The number of H-pyrrole nitrogens is 1. The molecule has 0 saturated heterocycles. The Hall–Kier alpha value is -3.14. The number of carbonyl (C=O) groups is 2. The maximum Gasteiger partial charge on any atom is 0.237 e. The summed E-state index contributed by atoms with van der Waals surface area (Å²) in [6, 6.07) is 5.93. The fourth-order valence-electron chi connectivity index (χ4n) is 4.17. The highest BCUT2D eigenvalue weighted by Crippen LogP contribution is 2.58. The maximum absolute atomic E-state index is 12.2. The smallest absolute Gasteiger partial charge is 0.237 e. The van der Waals surface area contributed by atoms with Crippen molar-refractivity contribution in [2.24, 2.45) is 11.3 Å². The summed E-state index contributed by atoms with van der Waals surface area (Å²) in [5.41, 5.74) is 3.00. The van der Waals surface area contributed by atoms with Gasteiger partial charge in [0.05, 0.1) is 6.07 Å². The summed E-state index contributed by atoms with van der Waals surface area (Å²) in [5.74, 6) is 0.619. The van der Waals surface area contributed by atoms with E-state index in [1.54, 1.807) is 4.90 Å². The van der Waals surface area contributed by atoms with Gasteiger partial charge < -0.3 is 15.2 Å². The van der Waals surface area contributed by atoms with Crippen molar-refractivity contribution in [3.8, 4) is 6.07 Å². The van der Waals surface area contributed by atoms with Gasteiger partial charge in [0.15, 0.2) is 0 Å². The number of anilines is 1. The van der Waals surface area contributed by atoms with Gasteiger partial charge in [-0.25, -0.2) is 4.98 Å². The molecule has 2 aromatic rings. The van der Waals surface area contributed by atoms with Gasteiger partial charge in [-0.15, -0.1) is 0 Å². The Morgan fingerprint density at radius 2 is 2.21 bits per heavy atom. The zero-order chi connectivity index (χ0) is 19.3. The van der Waals surface area contributed by atoms with Gasteiger partial charge in [0.25, 0.3) is 0 Å². The molecule has 0 atom stereocenters. The van der Waals surface area contributed by atoms with E-state index in [2.05, 4.69) is 21.4 Å². The average molecular weight is 375 g/mol. The molecule has 142 valence electrons. The molecule has 0 aromatic carbocycles. The summed E-state index contributed by atoms with van der Waals surface area (Å²) >= 11 is 0. The van der Waals surface area contributed by atoms with Crippen LogP contribution in [0.3, 0.4) is 0 Å². The van der Waals surface area contributed by atoms with Gasteiger partial charge >= 0.3 is 0 Å². The average Bonchev–Trinajstić information content (AvgIpc) is 3.61. The molecule has 2 fully saturated rings. The monoisotopic (exact) mass is 375 g/mol. The number of aromatic nitrogens is 2. The van der Waals surface area contributed by atoms with Crippen molar-refractivity contribution in [3.63, 3.8) is 0 Å². The SMILES string of the molecule is N#CCC(=O)N1CC=C(c2cc(NC(=O)C3CC3)nc3[nH]ccc23)C2(CC2)C1. The van der Waals surface area contributed by atoms with Crippen molar-refractivity contribution in [2.45, 2.75) is 32.1 Å². The number of nitrogens with zero attached hydrogens (tertiary/aromatic N) is 3. The molecule has 2 amide bonds. The molecule has 2 aromatic heterocycles. The quantitative estimate of drug-likeness (QED) is 0.858. The molecular weight excluding hydrogens is 354 g/mol. The van der Waals surface area contributed by atoms with Crippen molar-refractivity contribution >= 4 is 34.2 Å². The van der Waals surface area contributed by atoms with Gasteiger partial charge in [-0.1, -0.05) is 6.08 Å². The standard InChI is InChI=1S/C21H21N5O2/c22-8-3-18(27)26-10-5-16(21(12-26)6-7-21)15-11-17(25-20(28)13-1-2-13)24-19-14(15)4-9-23-19/h4-5,9,11,13H,1-3,6-7,10,12H2,(H2,23,24,25,28). The Morgan fingerprint density at radius 3 is 2.93 bits per heavy atom. The first-order valence-corrected chi connectivity index (χ1v) is 9.74. The van der Waals surface area contributed by atoms with Gasteiger partial charge in [0.1, 0.15) is 17.9 Å². The molecule has 1 spiro atoms. The molecule has 1 aliphatic heterocycles. The minimum absolute atomic E-state index is 0.0383. The Labute approximate surface area is 162 Å². The second-order valence-electron chi connectivity index (χ2n) is 8.07. The van der Waals surface area contributed by atoms with E-state index in [1.807, 2.05) is 24.4 Å². The van der Waals surface area contributed by atoms with E-state index in [1.165, 1.54) is 5.57 Å². The summed E-state index contributed by atoms with van der Waals surface area (Å²) in [6.07, 6.45) is 7.84. The number of fused-ring (bicyclic) bond motifs is 1. The number of nitriles is 1. The molecule has 7 heteroatoms. The highest BCUT2D eigenvalue weighted by Gasteiger charge is 2.50. The molecule has 28 heavy (non-hydrogen) atoms. The van der Waals surface area contributed by atoms with Crippen LogP contribution in [0.2, 0.25) is 0 Å². The number of nitrogens with one attached hydrogen (secondary N) is 2. The molecule has 0 radical (unpaired) electrons. The number of rotatable bonds is 4. The topological polar surface area (TPSA) is 102 Å².